The molecule has 0 spiro atoms. The second-order valence-corrected chi connectivity index (χ2v) is 7.74. The highest BCUT2D eigenvalue weighted by atomic mass is 32.2. The second kappa shape index (κ2) is 6.34. The fourth-order valence-electron chi connectivity index (χ4n) is 2.79. The minimum absolute atomic E-state index is 0.175. The minimum Gasteiger partial charge on any atom is -0.304 e. The van der Waals surface area contributed by atoms with E-state index in [1.807, 2.05) is 25.1 Å². The van der Waals surface area contributed by atoms with Crippen molar-refractivity contribution in [1.29, 1.82) is 0 Å². The first-order valence-corrected chi connectivity index (χ1v) is 8.89. The Kier molecular flexibility index (Phi) is 4.42. The summed E-state index contributed by atoms with van der Waals surface area (Å²) in [6.07, 6.45) is 5.94. The fraction of sp³-hybridized carbons (Fsp3) is 0.500. The number of nitrogens with zero attached hydrogens (tertiary/aromatic N) is 5. The topological polar surface area (TPSA) is 95.1 Å². The van der Waals surface area contributed by atoms with Crippen LogP contribution < -0.4 is 0 Å². The predicted octanol–water partition coefficient (Wildman–Crippen LogP) is 0.787. The summed E-state index contributed by atoms with van der Waals surface area (Å²) in [6.45, 7) is 1.16. The standard InChI is InChI=1S/C14H20N6O2S/c1-19(2)10-11-5-6-15-14(18-11)13-4-3-7-20(13)23(21,22)12-8-16-17-9-12/h5-6,8-9,13H,3-4,7,10H2,1-2H3,(H,16,17)/t13-/m0/s1. The molecule has 0 bridgehead atoms. The number of aromatic amines is 1. The Morgan fingerprint density at radius 3 is 2.96 bits per heavy atom. The van der Waals surface area contributed by atoms with Crippen molar-refractivity contribution in [3.05, 3.63) is 36.2 Å². The van der Waals surface area contributed by atoms with E-state index in [4.69, 9.17) is 0 Å². The van der Waals surface area contributed by atoms with Crippen molar-refractivity contribution >= 4 is 10.0 Å². The van der Waals surface area contributed by atoms with Gasteiger partial charge in [0, 0.05) is 25.5 Å². The lowest BCUT2D eigenvalue weighted by Crippen LogP contribution is -2.31. The molecule has 1 aliphatic heterocycles. The number of hydrogen-bond acceptors (Lipinski definition) is 6. The van der Waals surface area contributed by atoms with Gasteiger partial charge in [0.05, 0.1) is 17.9 Å². The molecule has 23 heavy (non-hydrogen) atoms. The third-order valence-electron chi connectivity index (χ3n) is 3.79. The molecule has 124 valence electrons. The van der Waals surface area contributed by atoms with E-state index in [0.717, 1.165) is 18.5 Å². The lowest BCUT2D eigenvalue weighted by molar-refractivity contribution is 0.373. The average Bonchev–Trinajstić information content (AvgIpc) is 3.19. The third-order valence-corrected chi connectivity index (χ3v) is 5.67. The van der Waals surface area contributed by atoms with Crippen LogP contribution in [-0.2, 0) is 16.6 Å². The summed E-state index contributed by atoms with van der Waals surface area (Å²) in [5, 5.41) is 6.29. The molecule has 3 rings (SSSR count). The summed E-state index contributed by atoms with van der Waals surface area (Å²) >= 11 is 0. The molecule has 1 N–H and O–H groups in total. The van der Waals surface area contributed by atoms with Crippen LogP contribution in [0.4, 0.5) is 0 Å². The highest BCUT2D eigenvalue weighted by Gasteiger charge is 2.38. The molecule has 0 radical (unpaired) electrons. The van der Waals surface area contributed by atoms with Crippen LogP contribution >= 0.6 is 0 Å². The zero-order valence-corrected chi connectivity index (χ0v) is 14.0. The van der Waals surface area contributed by atoms with Crippen molar-refractivity contribution in [3.8, 4) is 0 Å². The number of aromatic nitrogens is 4. The maximum absolute atomic E-state index is 12.7. The van der Waals surface area contributed by atoms with E-state index in [0.29, 0.717) is 18.9 Å². The van der Waals surface area contributed by atoms with Crippen molar-refractivity contribution in [2.75, 3.05) is 20.6 Å². The van der Waals surface area contributed by atoms with Gasteiger partial charge in [-0.25, -0.2) is 18.4 Å². The molecule has 1 atom stereocenters. The number of hydrogen-bond donors (Lipinski definition) is 1. The maximum atomic E-state index is 12.7. The van der Waals surface area contributed by atoms with Gasteiger partial charge in [-0.1, -0.05) is 0 Å². The molecule has 0 saturated carbocycles. The number of H-pyrrole nitrogens is 1. The summed E-state index contributed by atoms with van der Waals surface area (Å²) in [7, 11) is 0.351. The van der Waals surface area contributed by atoms with Gasteiger partial charge in [0.15, 0.2) is 0 Å². The number of rotatable bonds is 5. The number of sulfonamides is 1. The van der Waals surface area contributed by atoms with Crippen LogP contribution in [0, 0.1) is 0 Å². The van der Waals surface area contributed by atoms with Gasteiger partial charge < -0.3 is 4.90 Å². The Bertz CT molecular complexity index is 759. The Morgan fingerprint density at radius 2 is 2.26 bits per heavy atom. The molecular formula is C14H20N6O2S. The normalized spacial score (nSPS) is 19.5. The van der Waals surface area contributed by atoms with Crippen LogP contribution in [0.3, 0.4) is 0 Å². The third kappa shape index (κ3) is 3.26. The number of nitrogens with one attached hydrogen (secondary N) is 1. The first-order valence-electron chi connectivity index (χ1n) is 7.45. The molecule has 9 heteroatoms. The van der Waals surface area contributed by atoms with Gasteiger partial charge >= 0.3 is 0 Å². The molecule has 0 aromatic carbocycles. The fourth-order valence-corrected chi connectivity index (χ4v) is 4.35. The Balaban J connectivity index is 1.90. The van der Waals surface area contributed by atoms with Gasteiger partial charge in [-0.05, 0) is 33.0 Å². The van der Waals surface area contributed by atoms with Gasteiger partial charge in [-0.2, -0.15) is 9.40 Å². The lowest BCUT2D eigenvalue weighted by Gasteiger charge is -2.22. The van der Waals surface area contributed by atoms with Crippen LogP contribution in [0.1, 0.15) is 30.4 Å². The molecule has 2 aromatic heterocycles. The predicted molar refractivity (Wildman–Crippen MR) is 83.9 cm³/mol. The molecule has 1 aliphatic rings. The SMILES string of the molecule is CN(C)Cc1ccnc([C@@H]2CCCN2S(=O)(=O)c2cn[nH]c2)n1. The molecule has 8 nitrogen and oxygen atoms in total. The van der Waals surface area contributed by atoms with Crippen LogP contribution in [0.15, 0.2) is 29.6 Å². The van der Waals surface area contributed by atoms with Gasteiger partial charge in [0.1, 0.15) is 10.7 Å². The van der Waals surface area contributed by atoms with Crippen LogP contribution in [0.5, 0.6) is 0 Å². The molecule has 0 amide bonds. The molecule has 1 saturated heterocycles. The molecule has 2 aromatic rings. The summed E-state index contributed by atoms with van der Waals surface area (Å²) in [5.74, 6) is 0.564. The van der Waals surface area contributed by atoms with E-state index in [9.17, 15) is 8.42 Å². The van der Waals surface area contributed by atoms with Crippen molar-refractivity contribution < 1.29 is 8.42 Å². The van der Waals surface area contributed by atoms with E-state index in [-0.39, 0.29) is 10.9 Å². The first-order chi connectivity index (χ1) is 11.0. The van der Waals surface area contributed by atoms with E-state index in [1.54, 1.807) is 6.20 Å². The molecule has 0 aliphatic carbocycles. The lowest BCUT2D eigenvalue weighted by atomic mass is 10.2. The second-order valence-electron chi connectivity index (χ2n) is 5.85. The van der Waals surface area contributed by atoms with E-state index in [2.05, 4.69) is 20.2 Å². The van der Waals surface area contributed by atoms with Gasteiger partial charge in [0.25, 0.3) is 0 Å². The van der Waals surface area contributed by atoms with Crippen molar-refractivity contribution in [3.63, 3.8) is 0 Å². The van der Waals surface area contributed by atoms with Crippen molar-refractivity contribution in [2.45, 2.75) is 30.3 Å². The smallest absolute Gasteiger partial charge is 0.246 e. The van der Waals surface area contributed by atoms with E-state index < -0.39 is 10.0 Å². The van der Waals surface area contributed by atoms with Gasteiger partial charge in [-0.3, -0.25) is 5.10 Å². The maximum Gasteiger partial charge on any atom is 0.246 e. The van der Waals surface area contributed by atoms with Crippen LogP contribution in [0.2, 0.25) is 0 Å². The quantitative estimate of drug-likeness (QED) is 0.867. The first kappa shape index (κ1) is 16.0. The largest absolute Gasteiger partial charge is 0.304 e. The molecule has 0 unspecified atom stereocenters. The Labute approximate surface area is 135 Å². The van der Waals surface area contributed by atoms with Crippen molar-refractivity contribution in [2.24, 2.45) is 0 Å². The zero-order chi connectivity index (χ0) is 16.4. The minimum atomic E-state index is -3.58. The molecular weight excluding hydrogens is 316 g/mol. The average molecular weight is 336 g/mol. The zero-order valence-electron chi connectivity index (χ0n) is 13.2. The molecule has 3 heterocycles. The van der Waals surface area contributed by atoms with E-state index >= 15 is 0 Å². The Hall–Kier alpha value is -1.84. The van der Waals surface area contributed by atoms with E-state index in [1.165, 1.54) is 16.7 Å². The summed E-state index contributed by atoms with van der Waals surface area (Å²) in [6, 6.07) is 1.53. The summed E-state index contributed by atoms with van der Waals surface area (Å²) < 4.78 is 27.0. The van der Waals surface area contributed by atoms with Crippen LogP contribution in [0.25, 0.3) is 0 Å². The summed E-state index contributed by atoms with van der Waals surface area (Å²) in [4.78, 5) is 11.1. The highest BCUT2D eigenvalue weighted by Crippen LogP contribution is 2.34. The van der Waals surface area contributed by atoms with Gasteiger partial charge in [0.2, 0.25) is 10.0 Å². The Morgan fingerprint density at radius 1 is 1.43 bits per heavy atom. The molecule has 1 fully saturated rings. The van der Waals surface area contributed by atoms with Crippen LogP contribution in [-0.4, -0.2) is 58.4 Å². The highest BCUT2D eigenvalue weighted by molar-refractivity contribution is 7.89. The van der Waals surface area contributed by atoms with Crippen molar-refractivity contribution in [1.82, 2.24) is 29.4 Å². The van der Waals surface area contributed by atoms with Gasteiger partial charge in [-0.15, -0.1) is 0 Å². The monoisotopic (exact) mass is 336 g/mol. The summed E-state index contributed by atoms with van der Waals surface area (Å²) in [5.41, 5.74) is 0.882.